The topological polar surface area (TPSA) is 15.3 Å². The van der Waals surface area contributed by atoms with Crippen molar-refractivity contribution in [2.24, 2.45) is 0 Å². The molecule has 0 saturated heterocycles. The normalized spacial score (nSPS) is 15.6. The van der Waals surface area contributed by atoms with E-state index in [0.29, 0.717) is 0 Å². The quantitative estimate of drug-likeness (QED) is 0.774. The van der Waals surface area contributed by atoms with Gasteiger partial charge in [-0.15, -0.1) is 11.3 Å². The van der Waals surface area contributed by atoms with Crippen molar-refractivity contribution in [3.05, 3.63) is 21.4 Å². The van der Waals surface area contributed by atoms with Crippen molar-refractivity contribution in [2.45, 2.75) is 58.7 Å². The number of hydrogen-bond donors (Lipinski definition) is 1. The van der Waals surface area contributed by atoms with Crippen LogP contribution in [0.2, 0.25) is 0 Å². The molecule has 18 heavy (non-hydrogen) atoms. The Bertz CT molecular complexity index is 369. The lowest BCUT2D eigenvalue weighted by atomic mass is 10.2. The van der Waals surface area contributed by atoms with Crippen LogP contribution in [0.15, 0.2) is 6.07 Å². The number of aryl methyl sites for hydroxylation is 1. The summed E-state index contributed by atoms with van der Waals surface area (Å²) in [6.45, 7) is 7.89. The summed E-state index contributed by atoms with van der Waals surface area (Å²) in [5.41, 5.74) is 1.52. The fourth-order valence-corrected chi connectivity index (χ4v) is 3.17. The third-order valence-corrected chi connectivity index (χ3v) is 4.64. The minimum Gasteiger partial charge on any atom is -0.309 e. The highest BCUT2D eigenvalue weighted by molar-refractivity contribution is 7.12. The maximum atomic E-state index is 3.60. The van der Waals surface area contributed by atoms with Gasteiger partial charge in [-0.05, 0) is 51.4 Å². The highest BCUT2D eigenvalue weighted by atomic mass is 32.1. The Kier molecular flexibility index (Phi) is 5.22. The van der Waals surface area contributed by atoms with E-state index in [1.165, 1.54) is 47.5 Å². The molecule has 2 nitrogen and oxygen atoms in total. The van der Waals surface area contributed by atoms with Crippen molar-refractivity contribution in [3.63, 3.8) is 0 Å². The summed E-state index contributed by atoms with van der Waals surface area (Å²) in [5, 5.41) is 3.60. The number of nitrogens with zero attached hydrogens (tertiary/aromatic N) is 1. The maximum absolute atomic E-state index is 3.60. The van der Waals surface area contributed by atoms with E-state index < -0.39 is 0 Å². The van der Waals surface area contributed by atoms with Gasteiger partial charge in [-0.25, -0.2) is 0 Å². The largest absolute Gasteiger partial charge is 0.309 e. The standard InChI is InChI=1S/C15H26N2S/c1-4-5-8-17(3)11-13-9-15(18-12(13)2)10-16-14-6-7-14/h9,14,16H,4-8,10-11H2,1-3H3. The van der Waals surface area contributed by atoms with Crippen LogP contribution in [0.25, 0.3) is 0 Å². The van der Waals surface area contributed by atoms with Gasteiger partial charge in [-0.1, -0.05) is 13.3 Å². The van der Waals surface area contributed by atoms with Gasteiger partial charge in [0, 0.05) is 28.9 Å². The predicted octanol–water partition coefficient (Wildman–Crippen LogP) is 3.54. The number of unbranched alkanes of at least 4 members (excludes halogenated alkanes) is 1. The Hall–Kier alpha value is -0.380. The van der Waals surface area contributed by atoms with Crippen molar-refractivity contribution in [1.29, 1.82) is 0 Å². The van der Waals surface area contributed by atoms with E-state index in [0.717, 1.165) is 19.1 Å². The highest BCUT2D eigenvalue weighted by Gasteiger charge is 2.20. The number of rotatable bonds is 8. The lowest BCUT2D eigenvalue weighted by molar-refractivity contribution is 0.320. The first-order chi connectivity index (χ1) is 8.69. The number of nitrogens with one attached hydrogen (secondary N) is 1. The Morgan fingerprint density at radius 2 is 2.22 bits per heavy atom. The summed E-state index contributed by atoms with van der Waals surface area (Å²) < 4.78 is 0. The maximum Gasteiger partial charge on any atom is 0.0302 e. The SMILES string of the molecule is CCCCN(C)Cc1cc(CNC2CC2)sc1C. The van der Waals surface area contributed by atoms with Gasteiger partial charge in [0.15, 0.2) is 0 Å². The molecule has 1 saturated carbocycles. The van der Waals surface area contributed by atoms with Crippen LogP contribution in [0.4, 0.5) is 0 Å². The Balaban J connectivity index is 1.82. The lowest BCUT2D eigenvalue weighted by Gasteiger charge is -2.15. The molecule has 1 aromatic rings. The molecular weight excluding hydrogens is 240 g/mol. The molecule has 0 radical (unpaired) electrons. The van der Waals surface area contributed by atoms with Crippen LogP contribution in [0.5, 0.6) is 0 Å². The smallest absolute Gasteiger partial charge is 0.0302 e. The monoisotopic (exact) mass is 266 g/mol. The number of thiophene rings is 1. The van der Waals surface area contributed by atoms with Crippen LogP contribution in [0.3, 0.4) is 0 Å². The molecule has 2 rings (SSSR count). The van der Waals surface area contributed by atoms with Gasteiger partial charge in [0.1, 0.15) is 0 Å². The second-order valence-electron chi connectivity index (χ2n) is 5.54. The molecule has 1 aromatic heterocycles. The Morgan fingerprint density at radius 3 is 2.89 bits per heavy atom. The first kappa shape index (κ1) is 14.0. The van der Waals surface area contributed by atoms with Crippen LogP contribution < -0.4 is 5.32 Å². The Morgan fingerprint density at radius 1 is 1.44 bits per heavy atom. The number of hydrogen-bond acceptors (Lipinski definition) is 3. The molecule has 0 bridgehead atoms. The van der Waals surface area contributed by atoms with Crippen molar-refractivity contribution in [2.75, 3.05) is 13.6 Å². The molecule has 1 aliphatic rings. The summed E-state index contributed by atoms with van der Waals surface area (Å²) in [6.07, 6.45) is 5.33. The summed E-state index contributed by atoms with van der Waals surface area (Å²) in [4.78, 5) is 5.43. The predicted molar refractivity (Wildman–Crippen MR) is 80.2 cm³/mol. The minimum atomic E-state index is 0.808. The second-order valence-corrected chi connectivity index (χ2v) is 6.88. The van der Waals surface area contributed by atoms with Gasteiger partial charge in [-0.2, -0.15) is 0 Å². The average molecular weight is 266 g/mol. The average Bonchev–Trinajstić information content (AvgIpc) is 3.11. The van der Waals surface area contributed by atoms with E-state index >= 15 is 0 Å². The van der Waals surface area contributed by atoms with Crippen molar-refractivity contribution < 1.29 is 0 Å². The van der Waals surface area contributed by atoms with Crippen LogP contribution in [0.1, 0.15) is 47.9 Å². The van der Waals surface area contributed by atoms with Gasteiger partial charge in [0.05, 0.1) is 0 Å². The van der Waals surface area contributed by atoms with Crippen LogP contribution in [-0.2, 0) is 13.1 Å². The highest BCUT2D eigenvalue weighted by Crippen LogP contribution is 2.25. The minimum absolute atomic E-state index is 0.808. The molecule has 3 heteroatoms. The lowest BCUT2D eigenvalue weighted by Crippen LogP contribution is -2.19. The summed E-state index contributed by atoms with van der Waals surface area (Å²) in [6, 6.07) is 3.21. The van der Waals surface area contributed by atoms with E-state index in [-0.39, 0.29) is 0 Å². The molecular formula is C15H26N2S. The van der Waals surface area contributed by atoms with Gasteiger partial charge < -0.3 is 10.2 Å². The summed E-state index contributed by atoms with van der Waals surface area (Å²) >= 11 is 1.96. The fourth-order valence-electron chi connectivity index (χ4n) is 2.16. The summed E-state index contributed by atoms with van der Waals surface area (Å²) in [5.74, 6) is 0. The molecule has 0 spiro atoms. The van der Waals surface area contributed by atoms with Gasteiger partial charge in [0.2, 0.25) is 0 Å². The van der Waals surface area contributed by atoms with E-state index in [1.807, 2.05) is 11.3 Å². The van der Waals surface area contributed by atoms with Crippen molar-refractivity contribution in [3.8, 4) is 0 Å². The molecule has 1 fully saturated rings. The van der Waals surface area contributed by atoms with E-state index in [4.69, 9.17) is 0 Å². The van der Waals surface area contributed by atoms with Crippen LogP contribution in [0, 0.1) is 6.92 Å². The molecule has 1 aliphatic carbocycles. The van der Waals surface area contributed by atoms with Crippen LogP contribution in [-0.4, -0.2) is 24.5 Å². The van der Waals surface area contributed by atoms with Crippen LogP contribution >= 0.6 is 11.3 Å². The molecule has 0 aromatic carbocycles. The zero-order chi connectivity index (χ0) is 13.0. The first-order valence-corrected chi connectivity index (χ1v) is 8.00. The summed E-state index contributed by atoms with van der Waals surface area (Å²) in [7, 11) is 2.23. The molecule has 0 atom stereocenters. The van der Waals surface area contributed by atoms with Crippen molar-refractivity contribution in [1.82, 2.24) is 10.2 Å². The molecule has 1 heterocycles. The molecule has 0 aliphatic heterocycles. The molecule has 0 amide bonds. The van der Waals surface area contributed by atoms with Gasteiger partial charge in [-0.3, -0.25) is 0 Å². The van der Waals surface area contributed by atoms with E-state index in [2.05, 4.69) is 37.2 Å². The first-order valence-electron chi connectivity index (χ1n) is 7.19. The van der Waals surface area contributed by atoms with Gasteiger partial charge in [0.25, 0.3) is 0 Å². The molecule has 0 unspecified atom stereocenters. The van der Waals surface area contributed by atoms with E-state index in [1.54, 1.807) is 0 Å². The third-order valence-electron chi connectivity index (χ3n) is 3.55. The van der Waals surface area contributed by atoms with Crippen molar-refractivity contribution >= 4 is 11.3 Å². The Labute approximate surface area is 115 Å². The second kappa shape index (κ2) is 6.69. The molecule has 1 N–H and O–H groups in total. The fraction of sp³-hybridized carbons (Fsp3) is 0.733. The van der Waals surface area contributed by atoms with Gasteiger partial charge >= 0.3 is 0 Å². The molecule has 102 valence electrons. The third kappa shape index (κ3) is 4.38. The zero-order valence-electron chi connectivity index (χ0n) is 12.0. The van der Waals surface area contributed by atoms with E-state index in [9.17, 15) is 0 Å². The zero-order valence-corrected chi connectivity index (χ0v) is 12.8.